The SMILES string of the molecule is C=CCCCCC[C@H](N)C(=O)NCc1cccc2ccccc12. The van der Waals surface area contributed by atoms with Crippen LogP contribution < -0.4 is 11.1 Å². The summed E-state index contributed by atoms with van der Waals surface area (Å²) in [6.07, 6.45) is 6.89. The first-order valence-corrected chi connectivity index (χ1v) is 8.33. The topological polar surface area (TPSA) is 55.1 Å². The van der Waals surface area contributed by atoms with Crippen LogP contribution in [0.2, 0.25) is 0 Å². The Labute approximate surface area is 138 Å². The monoisotopic (exact) mass is 310 g/mol. The fourth-order valence-electron chi connectivity index (χ4n) is 2.72. The Kier molecular flexibility index (Phi) is 6.82. The van der Waals surface area contributed by atoms with Crippen LogP contribution in [0.5, 0.6) is 0 Å². The summed E-state index contributed by atoms with van der Waals surface area (Å²) in [5, 5.41) is 5.32. The zero-order valence-corrected chi connectivity index (χ0v) is 13.6. The molecule has 3 nitrogen and oxygen atoms in total. The number of carbonyl (C=O) groups is 1. The van der Waals surface area contributed by atoms with E-state index in [1.807, 2.05) is 30.3 Å². The molecule has 2 aromatic rings. The number of benzene rings is 2. The first kappa shape index (κ1) is 17.2. The normalized spacial score (nSPS) is 12.0. The lowest BCUT2D eigenvalue weighted by Gasteiger charge is -2.13. The quantitative estimate of drug-likeness (QED) is 0.545. The lowest BCUT2D eigenvalue weighted by atomic mass is 10.0. The van der Waals surface area contributed by atoms with Crippen molar-refractivity contribution in [2.24, 2.45) is 5.73 Å². The van der Waals surface area contributed by atoms with Crippen molar-refractivity contribution in [2.75, 3.05) is 0 Å². The average Bonchev–Trinajstić information content (AvgIpc) is 2.59. The maximum atomic E-state index is 12.1. The molecule has 0 aliphatic rings. The molecular formula is C20H26N2O. The highest BCUT2D eigenvalue weighted by atomic mass is 16.2. The van der Waals surface area contributed by atoms with E-state index in [4.69, 9.17) is 5.73 Å². The van der Waals surface area contributed by atoms with E-state index >= 15 is 0 Å². The van der Waals surface area contributed by atoms with Gasteiger partial charge in [0.25, 0.3) is 0 Å². The van der Waals surface area contributed by atoms with E-state index < -0.39 is 6.04 Å². The highest BCUT2D eigenvalue weighted by Crippen LogP contribution is 2.18. The van der Waals surface area contributed by atoms with Crippen molar-refractivity contribution in [3.05, 3.63) is 60.7 Å². The summed E-state index contributed by atoms with van der Waals surface area (Å²) in [4.78, 5) is 12.1. The van der Waals surface area contributed by atoms with Gasteiger partial charge >= 0.3 is 0 Å². The summed E-state index contributed by atoms with van der Waals surface area (Å²) in [5.41, 5.74) is 7.10. The van der Waals surface area contributed by atoms with Crippen molar-refractivity contribution in [1.29, 1.82) is 0 Å². The highest BCUT2D eigenvalue weighted by molar-refractivity contribution is 5.86. The zero-order chi connectivity index (χ0) is 16.5. The van der Waals surface area contributed by atoms with Crippen LogP contribution in [0.25, 0.3) is 10.8 Å². The molecule has 23 heavy (non-hydrogen) atoms. The minimum Gasteiger partial charge on any atom is -0.351 e. The number of hydrogen-bond acceptors (Lipinski definition) is 2. The van der Waals surface area contributed by atoms with Crippen LogP contribution in [-0.2, 0) is 11.3 Å². The standard InChI is InChI=1S/C20H26N2O/c1-2-3-4-5-6-14-19(21)20(23)22-15-17-12-9-11-16-10-7-8-13-18(16)17/h2,7-13,19H,1,3-6,14-15,21H2,(H,22,23)/t19-/m0/s1. The summed E-state index contributed by atoms with van der Waals surface area (Å²) in [7, 11) is 0. The van der Waals surface area contributed by atoms with Crippen LogP contribution in [0.1, 0.15) is 37.7 Å². The number of hydrogen-bond donors (Lipinski definition) is 2. The van der Waals surface area contributed by atoms with E-state index in [1.165, 1.54) is 10.8 Å². The Morgan fingerprint density at radius 3 is 2.74 bits per heavy atom. The highest BCUT2D eigenvalue weighted by Gasteiger charge is 2.12. The third-order valence-electron chi connectivity index (χ3n) is 4.09. The molecule has 0 fully saturated rings. The maximum absolute atomic E-state index is 12.1. The molecule has 3 N–H and O–H groups in total. The summed E-state index contributed by atoms with van der Waals surface area (Å²) in [5.74, 6) is -0.0679. The molecule has 0 aliphatic carbocycles. The Morgan fingerprint density at radius 2 is 1.91 bits per heavy atom. The molecule has 122 valence electrons. The minimum atomic E-state index is -0.422. The lowest BCUT2D eigenvalue weighted by Crippen LogP contribution is -2.40. The second kappa shape index (κ2) is 9.11. The predicted molar refractivity (Wildman–Crippen MR) is 97.1 cm³/mol. The van der Waals surface area contributed by atoms with Crippen molar-refractivity contribution in [1.82, 2.24) is 5.32 Å². The molecule has 0 aliphatic heterocycles. The molecule has 3 heteroatoms. The minimum absolute atomic E-state index is 0.0679. The molecule has 0 unspecified atom stereocenters. The van der Waals surface area contributed by atoms with E-state index in [1.54, 1.807) is 0 Å². The average molecular weight is 310 g/mol. The summed E-state index contributed by atoms with van der Waals surface area (Å²) < 4.78 is 0. The van der Waals surface area contributed by atoms with E-state index in [0.29, 0.717) is 6.54 Å². The molecule has 1 amide bonds. The van der Waals surface area contributed by atoms with Gasteiger partial charge in [-0.25, -0.2) is 0 Å². The number of nitrogens with one attached hydrogen (secondary N) is 1. The van der Waals surface area contributed by atoms with E-state index in [0.717, 1.165) is 37.7 Å². The second-order valence-electron chi connectivity index (χ2n) is 5.89. The van der Waals surface area contributed by atoms with Gasteiger partial charge in [-0.3, -0.25) is 4.79 Å². The summed E-state index contributed by atoms with van der Waals surface area (Å²) in [6.45, 7) is 4.23. The molecule has 0 heterocycles. The molecule has 0 saturated heterocycles. The smallest absolute Gasteiger partial charge is 0.237 e. The predicted octanol–water partition coefficient (Wildman–Crippen LogP) is 3.92. The lowest BCUT2D eigenvalue weighted by molar-refractivity contribution is -0.122. The van der Waals surface area contributed by atoms with Gasteiger partial charge in [-0.05, 0) is 35.6 Å². The first-order valence-electron chi connectivity index (χ1n) is 8.33. The number of unbranched alkanes of at least 4 members (excludes halogenated alkanes) is 3. The number of carbonyl (C=O) groups excluding carboxylic acids is 1. The van der Waals surface area contributed by atoms with E-state index in [9.17, 15) is 4.79 Å². The molecule has 0 saturated carbocycles. The van der Waals surface area contributed by atoms with Crippen LogP contribution in [0, 0.1) is 0 Å². The van der Waals surface area contributed by atoms with Gasteiger partial charge in [0.1, 0.15) is 0 Å². The van der Waals surface area contributed by atoms with Gasteiger partial charge in [-0.15, -0.1) is 6.58 Å². The van der Waals surface area contributed by atoms with Gasteiger partial charge in [-0.1, -0.05) is 61.4 Å². The number of fused-ring (bicyclic) bond motifs is 1. The van der Waals surface area contributed by atoms with E-state index in [-0.39, 0.29) is 5.91 Å². The van der Waals surface area contributed by atoms with Crippen LogP contribution in [0.4, 0.5) is 0 Å². The van der Waals surface area contributed by atoms with Crippen LogP contribution in [0.15, 0.2) is 55.1 Å². The Morgan fingerprint density at radius 1 is 1.13 bits per heavy atom. The van der Waals surface area contributed by atoms with Gasteiger partial charge in [0, 0.05) is 6.54 Å². The fourth-order valence-corrected chi connectivity index (χ4v) is 2.72. The number of rotatable bonds is 9. The Balaban J connectivity index is 1.82. The van der Waals surface area contributed by atoms with Crippen molar-refractivity contribution in [3.8, 4) is 0 Å². The molecule has 0 spiro atoms. The Hall–Kier alpha value is -2.13. The third-order valence-corrected chi connectivity index (χ3v) is 4.09. The van der Waals surface area contributed by atoms with Crippen molar-refractivity contribution >= 4 is 16.7 Å². The van der Waals surface area contributed by atoms with Crippen molar-refractivity contribution in [2.45, 2.75) is 44.7 Å². The van der Waals surface area contributed by atoms with E-state index in [2.05, 4.69) is 30.1 Å². The molecule has 0 bridgehead atoms. The second-order valence-corrected chi connectivity index (χ2v) is 5.89. The van der Waals surface area contributed by atoms with Crippen LogP contribution in [0.3, 0.4) is 0 Å². The molecular weight excluding hydrogens is 284 g/mol. The van der Waals surface area contributed by atoms with Gasteiger partial charge in [-0.2, -0.15) is 0 Å². The van der Waals surface area contributed by atoms with Gasteiger partial charge < -0.3 is 11.1 Å². The summed E-state index contributed by atoms with van der Waals surface area (Å²) in [6, 6.07) is 13.9. The van der Waals surface area contributed by atoms with Crippen molar-refractivity contribution < 1.29 is 4.79 Å². The largest absolute Gasteiger partial charge is 0.351 e. The summed E-state index contributed by atoms with van der Waals surface area (Å²) >= 11 is 0. The fraction of sp³-hybridized carbons (Fsp3) is 0.350. The van der Waals surface area contributed by atoms with Gasteiger partial charge in [0.2, 0.25) is 5.91 Å². The molecule has 1 atom stereocenters. The molecule has 0 aromatic heterocycles. The molecule has 0 radical (unpaired) electrons. The van der Waals surface area contributed by atoms with Crippen molar-refractivity contribution in [3.63, 3.8) is 0 Å². The third kappa shape index (κ3) is 5.22. The number of nitrogens with two attached hydrogens (primary N) is 1. The maximum Gasteiger partial charge on any atom is 0.237 e. The number of allylic oxidation sites excluding steroid dienone is 1. The van der Waals surface area contributed by atoms with Crippen LogP contribution in [-0.4, -0.2) is 11.9 Å². The van der Waals surface area contributed by atoms with Crippen LogP contribution >= 0.6 is 0 Å². The molecule has 2 rings (SSSR count). The molecule has 2 aromatic carbocycles. The number of amides is 1. The zero-order valence-electron chi connectivity index (χ0n) is 13.6. The van der Waals surface area contributed by atoms with Gasteiger partial charge in [0.05, 0.1) is 6.04 Å². The Bertz CT molecular complexity index is 646. The first-order chi connectivity index (χ1) is 11.2. The van der Waals surface area contributed by atoms with Gasteiger partial charge in [0.15, 0.2) is 0 Å².